The zero-order valence-corrected chi connectivity index (χ0v) is 17.8. The van der Waals surface area contributed by atoms with Gasteiger partial charge in [-0.05, 0) is 26.7 Å². The number of rotatable bonds is 15. The summed E-state index contributed by atoms with van der Waals surface area (Å²) in [7, 11) is -3.93. The van der Waals surface area contributed by atoms with Crippen LogP contribution >= 0.6 is 0 Å². The molecule has 0 saturated carbocycles. The molecular weight excluding hydrogens is 354 g/mol. The van der Waals surface area contributed by atoms with E-state index in [2.05, 4.69) is 20.4 Å². The Bertz CT molecular complexity index is 522. The van der Waals surface area contributed by atoms with Gasteiger partial charge in [-0.3, -0.25) is 4.55 Å². The number of hydrogen-bond acceptors (Lipinski definition) is 4. The van der Waals surface area contributed by atoms with Crippen molar-refractivity contribution in [3.8, 4) is 0 Å². The summed E-state index contributed by atoms with van der Waals surface area (Å²) in [4.78, 5) is 11.7. The van der Waals surface area contributed by atoms with E-state index in [1.807, 2.05) is 6.92 Å². The van der Waals surface area contributed by atoms with Gasteiger partial charge in [0.05, 0.1) is 31.9 Å². The van der Waals surface area contributed by atoms with Gasteiger partial charge in [0.25, 0.3) is 10.1 Å². The Morgan fingerprint density at radius 1 is 1.08 bits per heavy atom. The van der Waals surface area contributed by atoms with E-state index >= 15 is 0 Å². The lowest BCUT2D eigenvalue weighted by Crippen LogP contribution is -2.51. The number of esters is 1. The summed E-state index contributed by atoms with van der Waals surface area (Å²) in [5.74, 6) is -0.574. The number of nitrogens with zero attached hydrogens (tertiary/aromatic N) is 1. The number of carbonyl (C=O) groups excluding carboxylic acids is 1. The zero-order valence-electron chi connectivity index (χ0n) is 17.0. The third-order valence-corrected chi connectivity index (χ3v) is 5.48. The van der Waals surface area contributed by atoms with E-state index in [0.29, 0.717) is 18.5 Å². The van der Waals surface area contributed by atoms with Gasteiger partial charge in [0.2, 0.25) is 0 Å². The summed E-state index contributed by atoms with van der Waals surface area (Å²) in [5.41, 5.74) is 0.391. The Kier molecular flexibility index (Phi) is 12.0. The van der Waals surface area contributed by atoms with Crippen LogP contribution in [0.5, 0.6) is 0 Å². The maximum atomic E-state index is 11.7. The quantitative estimate of drug-likeness (QED) is 0.199. The second-order valence-electron chi connectivity index (χ2n) is 7.37. The van der Waals surface area contributed by atoms with Crippen LogP contribution in [0, 0.1) is 0 Å². The third-order valence-electron chi connectivity index (χ3n) is 4.67. The molecule has 0 bridgehead atoms. The maximum absolute atomic E-state index is 11.7. The average molecular weight is 393 g/mol. The smallest absolute Gasteiger partial charge is 0.333 e. The molecule has 0 spiro atoms. The largest absolute Gasteiger partial charge is 0.459 e. The molecule has 26 heavy (non-hydrogen) atoms. The average Bonchev–Trinajstić information content (AvgIpc) is 2.54. The molecule has 0 aliphatic carbocycles. The first-order valence-electron chi connectivity index (χ1n) is 9.72. The van der Waals surface area contributed by atoms with E-state index < -0.39 is 10.1 Å². The topological polar surface area (TPSA) is 80.7 Å². The fraction of sp³-hybridized carbons (Fsp3) is 0.842. The fourth-order valence-electron chi connectivity index (χ4n) is 3.04. The first-order chi connectivity index (χ1) is 12.0. The minimum Gasteiger partial charge on any atom is -0.459 e. The Morgan fingerprint density at radius 3 is 2.00 bits per heavy atom. The SMILES string of the molecule is C=C(C)C(=O)OC(C)CC[N+](CCCC)(CCCC)CCCS(=O)(=O)O. The van der Waals surface area contributed by atoms with Crippen LogP contribution in [-0.4, -0.2) is 61.5 Å². The molecule has 7 heteroatoms. The molecule has 0 heterocycles. The molecule has 0 radical (unpaired) electrons. The number of unbranched alkanes of at least 4 members (excludes halogenated alkanes) is 2. The minimum absolute atomic E-state index is 0.203. The van der Waals surface area contributed by atoms with E-state index in [4.69, 9.17) is 9.29 Å². The molecule has 0 aromatic carbocycles. The normalized spacial score (nSPS) is 13.4. The molecule has 0 aliphatic rings. The van der Waals surface area contributed by atoms with Crippen LogP contribution in [-0.2, 0) is 19.6 Å². The highest BCUT2D eigenvalue weighted by atomic mass is 32.2. The van der Waals surface area contributed by atoms with Gasteiger partial charge in [-0.2, -0.15) is 8.42 Å². The Morgan fingerprint density at radius 2 is 1.58 bits per heavy atom. The Labute approximate surface area is 159 Å². The van der Waals surface area contributed by atoms with Gasteiger partial charge in [0.1, 0.15) is 6.10 Å². The second-order valence-corrected chi connectivity index (χ2v) is 8.94. The van der Waals surface area contributed by atoms with Crippen LogP contribution in [0.2, 0.25) is 0 Å². The van der Waals surface area contributed by atoms with Crippen molar-refractivity contribution < 1.29 is 27.0 Å². The number of carbonyl (C=O) groups is 1. The highest BCUT2D eigenvalue weighted by molar-refractivity contribution is 7.85. The highest BCUT2D eigenvalue weighted by Crippen LogP contribution is 2.17. The van der Waals surface area contributed by atoms with Crippen molar-refractivity contribution >= 4 is 16.1 Å². The second kappa shape index (κ2) is 12.5. The molecule has 154 valence electrons. The molecule has 0 rings (SSSR count). The molecule has 0 saturated heterocycles. The molecule has 0 amide bonds. The van der Waals surface area contributed by atoms with Crippen LogP contribution < -0.4 is 0 Å². The van der Waals surface area contributed by atoms with Crippen LogP contribution in [0.4, 0.5) is 0 Å². The molecule has 1 atom stereocenters. The standard InChI is InChI=1S/C19H37NO5S/c1-6-8-12-20(13-9-7-2,14-10-16-26(22,23)24)15-11-18(5)25-19(21)17(3)4/h18H,3,6-16H2,1-2,4-5H3/p+1. The van der Waals surface area contributed by atoms with Gasteiger partial charge in [-0.25, -0.2) is 4.79 Å². The van der Waals surface area contributed by atoms with E-state index in [0.717, 1.165) is 56.2 Å². The molecule has 6 nitrogen and oxygen atoms in total. The van der Waals surface area contributed by atoms with Gasteiger partial charge in [0, 0.05) is 18.4 Å². The fourth-order valence-corrected chi connectivity index (χ4v) is 3.53. The van der Waals surface area contributed by atoms with Crippen LogP contribution in [0.1, 0.15) is 66.2 Å². The van der Waals surface area contributed by atoms with Crippen molar-refractivity contribution in [2.45, 2.75) is 72.3 Å². The van der Waals surface area contributed by atoms with Crippen LogP contribution in [0.15, 0.2) is 12.2 Å². The number of hydrogen-bond donors (Lipinski definition) is 1. The highest BCUT2D eigenvalue weighted by Gasteiger charge is 2.28. The van der Waals surface area contributed by atoms with Crippen molar-refractivity contribution in [1.82, 2.24) is 0 Å². The summed E-state index contributed by atoms with van der Waals surface area (Å²) < 4.78 is 37.4. The molecule has 1 N–H and O–H groups in total. The summed E-state index contributed by atoms with van der Waals surface area (Å²) in [6.07, 6.45) is 5.23. The lowest BCUT2D eigenvalue weighted by Gasteiger charge is -2.40. The first-order valence-corrected chi connectivity index (χ1v) is 11.3. The van der Waals surface area contributed by atoms with Crippen molar-refractivity contribution in [3.63, 3.8) is 0 Å². The van der Waals surface area contributed by atoms with E-state index in [1.165, 1.54) is 0 Å². The van der Waals surface area contributed by atoms with E-state index in [-0.39, 0.29) is 17.8 Å². The minimum atomic E-state index is -3.93. The molecular formula is C19H38NO5S+. The van der Waals surface area contributed by atoms with Crippen molar-refractivity contribution in [2.24, 2.45) is 0 Å². The molecule has 1 unspecified atom stereocenters. The van der Waals surface area contributed by atoms with E-state index in [9.17, 15) is 13.2 Å². The summed E-state index contributed by atoms with van der Waals surface area (Å²) in [5, 5.41) is 0. The lowest BCUT2D eigenvalue weighted by molar-refractivity contribution is -0.929. The Balaban J connectivity index is 4.99. The summed E-state index contributed by atoms with van der Waals surface area (Å²) in [6, 6.07) is 0. The predicted molar refractivity (Wildman–Crippen MR) is 106 cm³/mol. The van der Waals surface area contributed by atoms with Gasteiger partial charge >= 0.3 is 5.97 Å². The molecule has 0 aromatic heterocycles. The number of quaternary nitrogens is 1. The zero-order chi connectivity index (χ0) is 20.2. The predicted octanol–water partition coefficient (Wildman–Crippen LogP) is 3.58. The first kappa shape index (κ1) is 25.1. The van der Waals surface area contributed by atoms with Gasteiger partial charge in [0.15, 0.2) is 0 Å². The van der Waals surface area contributed by atoms with Gasteiger partial charge in [-0.1, -0.05) is 33.3 Å². The number of ether oxygens (including phenoxy) is 1. The molecule has 0 fully saturated rings. The van der Waals surface area contributed by atoms with Crippen molar-refractivity contribution in [2.75, 3.05) is 31.9 Å². The van der Waals surface area contributed by atoms with Crippen molar-refractivity contribution in [1.29, 1.82) is 0 Å². The van der Waals surface area contributed by atoms with Crippen LogP contribution in [0.25, 0.3) is 0 Å². The Hall–Kier alpha value is -0.920. The summed E-state index contributed by atoms with van der Waals surface area (Å²) in [6.45, 7) is 14.9. The van der Waals surface area contributed by atoms with Gasteiger partial charge in [-0.15, -0.1) is 0 Å². The molecule has 0 aliphatic heterocycles. The van der Waals surface area contributed by atoms with E-state index in [1.54, 1.807) is 6.92 Å². The van der Waals surface area contributed by atoms with Gasteiger partial charge < -0.3 is 9.22 Å². The van der Waals surface area contributed by atoms with Crippen molar-refractivity contribution in [3.05, 3.63) is 12.2 Å². The van der Waals surface area contributed by atoms with Crippen LogP contribution in [0.3, 0.4) is 0 Å². The lowest BCUT2D eigenvalue weighted by atomic mass is 10.1. The summed E-state index contributed by atoms with van der Waals surface area (Å²) >= 11 is 0. The molecule has 0 aromatic rings. The third kappa shape index (κ3) is 11.6. The monoisotopic (exact) mass is 392 g/mol. The maximum Gasteiger partial charge on any atom is 0.333 e.